The number of carbonyl (C=O) groups excluding carboxylic acids is 1. The van der Waals surface area contributed by atoms with Crippen molar-refractivity contribution in [2.45, 2.75) is 24.8 Å². The fraction of sp³-hybridized carbons (Fsp3) is 0.500. The summed E-state index contributed by atoms with van der Waals surface area (Å²) in [7, 11) is -1.03. The molecule has 0 fully saturated rings. The van der Waals surface area contributed by atoms with E-state index in [9.17, 15) is 22.2 Å². The van der Waals surface area contributed by atoms with Crippen LogP contribution >= 0.6 is 0 Å². The van der Waals surface area contributed by atoms with Crippen LogP contribution in [0.15, 0.2) is 12.1 Å². The number of anilines is 1. The van der Waals surface area contributed by atoms with E-state index in [0.717, 1.165) is 6.07 Å². The van der Waals surface area contributed by atoms with E-state index in [1.807, 2.05) is 0 Å². The molecule has 3 N–H and O–H groups in total. The quantitative estimate of drug-likeness (QED) is 0.835. The van der Waals surface area contributed by atoms with E-state index in [1.165, 1.54) is 0 Å². The molecule has 1 amide bonds. The summed E-state index contributed by atoms with van der Waals surface area (Å²) < 4.78 is 49.0. The number of nitrogens with two attached hydrogens (primary N) is 1. The molecular weight excluding hydrogens is 307 g/mol. The number of halogens is 3. The largest absolute Gasteiger partial charge is 0.433 e. The molecule has 0 aliphatic heterocycles. The summed E-state index contributed by atoms with van der Waals surface area (Å²) in [4.78, 5) is 14.6. The molecular formula is C12H16F3N3O2S. The lowest BCUT2D eigenvalue weighted by molar-refractivity contribution is -0.141. The van der Waals surface area contributed by atoms with E-state index < -0.39 is 28.6 Å². The molecule has 0 aliphatic carbocycles. The molecule has 1 rings (SSSR count). The van der Waals surface area contributed by atoms with E-state index in [-0.39, 0.29) is 23.2 Å². The second-order valence-corrected chi connectivity index (χ2v) is 6.28. The third-order valence-corrected chi connectivity index (χ3v) is 4.23. The summed E-state index contributed by atoms with van der Waals surface area (Å²) in [5.41, 5.74) is 3.88. The van der Waals surface area contributed by atoms with Crippen LogP contribution in [-0.2, 0) is 17.0 Å². The minimum Gasteiger partial charge on any atom is -0.369 e. The lowest BCUT2D eigenvalue weighted by Crippen LogP contribution is -2.20. The zero-order valence-corrected chi connectivity index (χ0v) is 12.3. The van der Waals surface area contributed by atoms with Crippen molar-refractivity contribution in [3.8, 4) is 0 Å². The lowest BCUT2D eigenvalue weighted by Gasteiger charge is -2.14. The van der Waals surface area contributed by atoms with Crippen LogP contribution in [0.5, 0.6) is 0 Å². The number of amides is 1. The van der Waals surface area contributed by atoms with Gasteiger partial charge in [-0.25, -0.2) is 4.98 Å². The Kier molecular flexibility index (Phi) is 5.70. The number of hydrogen-bond acceptors (Lipinski definition) is 4. The summed E-state index contributed by atoms with van der Waals surface area (Å²) in [5, 5.41) is 2.52. The number of hydrogen-bond donors (Lipinski definition) is 2. The van der Waals surface area contributed by atoms with Gasteiger partial charge < -0.3 is 11.1 Å². The highest BCUT2D eigenvalue weighted by molar-refractivity contribution is 7.84. The first-order valence-electron chi connectivity index (χ1n) is 6.07. The topological polar surface area (TPSA) is 85.1 Å². The van der Waals surface area contributed by atoms with Gasteiger partial charge in [-0.05, 0) is 18.6 Å². The molecule has 0 radical (unpaired) electrons. The average Bonchev–Trinajstić information content (AvgIpc) is 2.36. The number of alkyl halides is 3. The van der Waals surface area contributed by atoms with Crippen LogP contribution in [0, 0.1) is 0 Å². The molecule has 0 spiro atoms. The monoisotopic (exact) mass is 323 g/mol. The van der Waals surface area contributed by atoms with Gasteiger partial charge in [-0.2, -0.15) is 13.2 Å². The predicted molar refractivity (Wildman–Crippen MR) is 74.4 cm³/mol. The van der Waals surface area contributed by atoms with Crippen molar-refractivity contribution < 1.29 is 22.2 Å². The Morgan fingerprint density at radius 3 is 2.57 bits per heavy atom. The Bertz CT molecular complexity index is 549. The van der Waals surface area contributed by atoms with Gasteiger partial charge in [0.05, 0.1) is 5.56 Å². The van der Waals surface area contributed by atoms with Crippen molar-refractivity contribution in [1.82, 2.24) is 4.98 Å². The van der Waals surface area contributed by atoms with Crippen LogP contribution in [0.3, 0.4) is 0 Å². The van der Waals surface area contributed by atoms with Crippen molar-refractivity contribution in [2.24, 2.45) is 5.73 Å². The zero-order valence-electron chi connectivity index (χ0n) is 11.5. The summed E-state index contributed by atoms with van der Waals surface area (Å²) in [6.07, 6.45) is -2.61. The molecule has 0 bridgehead atoms. The number of nitrogens with one attached hydrogen (secondary N) is 1. The van der Waals surface area contributed by atoms with Crippen molar-refractivity contribution in [3.05, 3.63) is 23.4 Å². The van der Waals surface area contributed by atoms with Gasteiger partial charge in [-0.15, -0.1) is 0 Å². The zero-order chi connectivity index (χ0) is 16.2. The normalized spacial score (nSPS) is 14.5. The van der Waals surface area contributed by atoms with E-state index in [0.29, 0.717) is 12.5 Å². The van der Waals surface area contributed by atoms with Gasteiger partial charge in [-0.3, -0.25) is 9.00 Å². The highest BCUT2D eigenvalue weighted by Gasteiger charge is 2.33. The lowest BCUT2D eigenvalue weighted by atomic mass is 10.2. The number of nitrogens with zero attached hydrogens (tertiary/aromatic N) is 1. The number of carbonyl (C=O) groups is 1. The highest BCUT2D eigenvalue weighted by Crippen LogP contribution is 2.29. The average molecular weight is 323 g/mol. The Labute approximate surface area is 122 Å². The third kappa shape index (κ3) is 5.00. The van der Waals surface area contributed by atoms with E-state index >= 15 is 0 Å². The first-order valence-corrected chi connectivity index (χ1v) is 7.69. The van der Waals surface area contributed by atoms with Crippen LogP contribution in [0.4, 0.5) is 19.0 Å². The van der Waals surface area contributed by atoms with Gasteiger partial charge in [0.2, 0.25) is 0 Å². The van der Waals surface area contributed by atoms with E-state index in [2.05, 4.69) is 10.3 Å². The summed E-state index contributed by atoms with van der Waals surface area (Å²) in [6, 6.07) is 1.69. The summed E-state index contributed by atoms with van der Waals surface area (Å²) >= 11 is 0. The van der Waals surface area contributed by atoms with Gasteiger partial charge in [0, 0.05) is 28.9 Å². The fourth-order valence-corrected chi connectivity index (χ4v) is 1.96. The predicted octanol–water partition coefficient (Wildman–Crippen LogP) is 1.77. The fourth-order valence-electron chi connectivity index (χ4n) is 1.51. The van der Waals surface area contributed by atoms with Crippen molar-refractivity contribution >= 4 is 22.5 Å². The molecule has 0 saturated carbocycles. The van der Waals surface area contributed by atoms with Gasteiger partial charge >= 0.3 is 6.18 Å². The third-order valence-electron chi connectivity index (χ3n) is 2.86. The first kappa shape index (κ1) is 17.4. The molecule has 0 saturated heterocycles. The maximum absolute atomic E-state index is 12.6. The van der Waals surface area contributed by atoms with E-state index in [4.69, 9.17) is 5.73 Å². The molecule has 1 aromatic heterocycles. The van der Waals surface area contributed by atoms with Gasteiger partial charge in [0.15, 0.2) is 0 Å². The maximum Gasteiger partial charge on any atom is 0.433 e. The number of rotatable bonds is 6. The van der Waals surface area contributed by atoms with Crippen molar-refractivity contribution in [2.75, 3.05) is 18.1 Å². The molecule has 5 nitrogen and oxygen atoms in total. The van der Waals surface area contributed by atoms with Crippen LogP contribution < -0.4 is 11.1 Å². The second kappa shape index (κ2) is 6.88. The van der Waals surface area contributed by atoms with E-state index in [1.54, 1.807) is 13.2 Å². The molecule has 9 heteroatoms. The number of primary amides is 1. The Hall–Kier alpha value is -1.64. The standard InChI is InChI=1S/C12H16F3N3O2S/c1-7(21(2)20)5-6-17-11-8(10(16)19)3-4-9(18-11)12(13,14)15/h3-4,7H,5-6H2,1-2H3,(H2,16,19)(H,17,18). The second-order valence-electron chi connectivity index (χ2n) is 4.48. The number of pyridine rings is 1. The van der Waals surface area contributed by atoms with Crippen molar-refractivity contribution in [1.29, 1.82) is 0 Å². The highest BCUT2D eigenvalue weighted by atomic mass is 32.2. The van der Waals surface area contributed by atoms with Gasteiger partial charge in [0.25, 0.3) is 5.91 Å². The van der Waals surface area contributed by atoms with Crippen LogP contribution in [-0.4, -0.2) is 33.2 Å². The molecule has 0 aromatic carbocycles. The van der Waals surface area contributed by atoms with Crippen molar-refractivity contribution in [3.63, 3.8) is 0 Å². The number of aromatic nitrogens is 1. The van der Waals surface area contributed by atoms with Crippen LogP contribution in [0.2, 0.25) is 0 Å². The van der Waals surface area contributed by atoms with Crippen LogP contribution in [0.25, 0.3) is 0 Å². The Balaban J connectivity index is 2.92. The molecule has 1 heterocycles. The maximum atomic E-state index is 12.6. The smallest absolute Gasteiger partial charge is 0.369 e. The molecule has 2 unspecified atom stereocenters. The summed E-state index contributed by atoms with van der Waals surface area (Å²) in [5.74, 6) is -1.09. The minimum atomic E-state index is -4.61. The molecule has 2 atom stereocenters. The van der Waals surface area contributed by atoms with Gasteiger partial charge in [0.1, 0.15) is 11.5 Å². The van der Waals surface area contributed by atoms with Gasteiger partial charge in [-0.1, -0.05) is 6.92 Å². The minimum absolute atomic E-state index is 0.117. The molecule has 21 heavy (non-hydrogen) atoms. The SMILES string of the molecule is CC(CCNc1nc(C(F)(F)F)ccc1C(N)=O)S(C)=O. The molecule has 118 valence electrons. The van der Waals surface area contributed by atoms with Crippen LogP contribution in [0.1, 0.15) is 29.4 Å². The summed E-state index contributed by atoms with van der Waals surface area (Å²) in [6.45, 7) is 1.99. The Morgan fingerprint density at radius 1 is 1.48 bits per heavy atom. The molecule has 0 aliphatic rings. The molecule has 1 aromatic rings. The Morgan fingerprint density at radius 2 is 2.10 bits per heavy atom. The first-order chi connectivity index (χ1) is 9.62.